The monoisotopic (exact) mass is 479 g/mol. The number of carbonyl (C=O) groups is 2. The lowest BCUT2D eigenvalue weighted by Crippen LogP contribution is -2.58. The third-order valence-electron chi connectivity index (χ3n) is 7.56. The van der Waals surface area contributed by atoms with Crippen molar-refractivity contribution in [2.45, 2.75) is 50.7 Å². The molecule has 188 valence electrons. The summed E-state index contributed by atoms with van der Waals surface area (Å²) in [7, 11) is 3.24. The van der Waals surface area contributed by atoms with E-state index in [0.717, 1.165) is 31.5 Å². The van der Waals surface area contributed by atoms with Crippen molar-refractivity contribution in [3.63, 3.8) is 0 Å². The maximum atomic E-state index is 13.8. The minimum absolute atomic E-state index is 0.0852. The Morgan fingerprint density at radius 1 is 0.971 bits per heavy atom. The number of likely N-dealkylation sites (tertiary alicyclic amines) is 1. The predicted molar refractivity (Wildman–Crippen MR) is 135 cm³/mol. The Labute approximate surface area is 208 Å². The van der Waals surface area contributed by atoms with E-state index >= 15 is 0 Å². The predicted octanol–water partition coefficient (Wildman–Crippen LogP) is 3.96. The van der Waals surface area contributed by atoms with Crippen molar-refractivity contribution in [2.24, 2.45) is 0 Å². The maximum absolute atomic E-state index is 13.8. The van der Waals surface area contributed by atoms with E-state index in [0.29, 0.717) is 37.8 Å². The average molecular weight is 480 g/mol. The van der Waals surface area contributed by atoms with Crippen LogP contribution in [0.5, 0.6) is 5.75 Å². The minimum atomic E-state index is -0.788. The van der Waals surface area contributed by atoms with Crippen molar-refractivity contribution >= 4 is 11.9 Å². The van der Waals surface area contributed by atoms with Crippen LogP contribution in [-0.4, -0.2) is 78.7 Å². The van der Waals surface area contributed by atoms with Gasteiger partial charge < -0.3 is 19.3 Å². The summed E-state index contributed by atoms with van der Waals surface area (Å²) in [6.07, 6.45) is 3.39. The molecular formula is C28H37N3O4. The first kappa shape index (κ1) is 25.2. The minimum Gasteiger partial charge on any atom is -0.497 e. The van der Waals surface area contributed by atoms with Gasteiger partial charge >= 0.3 is 6.03 Å². The number of aryl methyl sites for hydroxylation is 1. The van der Waals surface area contributed by atoms with E-state index in [9.17, 15) is 9.59 Å². The summed E-state index contributed by atoms with van der Waals surface area (Å²) >= 11 is 0. The van der Waals surface area contributed by atoms with E-state index in [4.69, 9.17) is 9.47 Å². The molecule has 7 heteroatoms. The molecule has 2 aliphatic heterocycles. The normalized spacial score (nSPS) is 18.9. The van der Waals surface area contributed by atoms with Crippen LogP contribution in [0.4, 0.5) is 4.79 Å². The molecule has 1 spiro atoms. The second kappa shape index (κ2) is 11.2. The van der Waals surface area contributed by atoms with Crippen LogP contribution in [0.1, 0.15) is 37.3 Å². The van der Waals surface area contributed by atoms with Gasteiger partial charge in [-0.05, 0) is 55.9 Å². The lowest BCUT2D eigenvalue weighted by atomic mass is 9.85. The third-order valence-corrected chi connectivity index (χ3v) is 7.56. The molecule has 2 aliphatic rings. The molecule has 0 unspecified atom stereocenters. The number of methoxy groups -OCH3 is 2. The molecular weight excluding hydrogens is 442 g/mol. The standard InChI is InChI=1S/C28H37N3O4/c1-22(12-13-23-8-5-4-6-9-23)29-16-14-28(15-17-29)26(32)30(27(33)31(28)18-19-34-2)21-24-10-7-11-25(20-24)35-3/h4-11,20,22H,12-19,21H2,1-3H3/t22-/m0/s1. The van der Waals surface area contributed by atoms with Gasteiger partial charge in [0.05, 0.1) is 20.3 Å². The molecule has 2 heterocycles. The Kier molecular flexibility index (Phi) is 8.08. The van der Waals surface area contributed by atoms with E-state index in [1.165, 1.54) is 10.5 Å². The number of hydrogen-bond acceptors (Lipinski definition) is 5. The molecule has 7 nitrogen and oxygen atoms in total. The molecule has 0 aromatic heterocycles. The lowest BCUT2D eigenvalue weighted by molar-refractivity contribution is -0.136. The van der Waals surface area contributed by atoms with E-state index in [-0.39, 0.29) is 18.5 Å². The number of piperidine rings is 1. The number of hydrogen-bond donors (Lipinski definition) is 0. The number of ether oxygens (including phenoxy) is 2. The molecule has 0 bridgehead atoms. The van der Waals surface area contributed by atoms with Gasteiger partial charge in [-0.1, -0.05) is 42.5 Å². The highest BCUT2D eigenvalue weighted by Gasteiger charge is 2.57. The number of amides is 3. The van der Waals surface area contributed by atoms with E-state index < -0.39 is 5.54 Å². The molecule has 2 saturated heterocycles. The Morgan fingerprint density at radius 3 is 2.37 bits per heavy atom. The number of rotatable bonds is 10. The fraction of sp³-hybridized carbons (Fsp3) is 0.500. The molecule has 35 heavy (non-hydrogen) atoms. The summed E-state index contributed by atoms with van der Waals surface area (Å²) < 4.78 is 10.6. The molecule has 0 radical (unpaired) electrons. The Bertz CT molecular complexity index is 1000. The molecule has 2 fully saturated rings. The van der Waals surface area contributed by atoms with E-state index in [1.807, 2.05) is 30.3 Å². The van der Waals surface area contributed by atoms with Gasteiger partial charge in [0.15, 0.2) is 0 Å². The first-order chi connectivity index (χ1) is 17.0. The van der Waals surface area contributed by atoms with Crippen molar-refractivity contribution in [3.8, 4) is 5.75 Å². The summed E-state index contributed by atoms with van der Waals surface area (Å²) in [5.74, 6) is 0.628. The van der Waals surface area contributed by atoms with Gasteiger partial charge in [0, 0.05) is 32.8 Å². The fourth-order valence-corrected chi connectivity index (χ4v) is 5.39. The van der Waals surface area contributed by atoms with Crippen LogP contribution in [-0.2, 0) is 22.5 Å². The van der Waals surface area contributed by atoms with Crippen LogP contribution in [0.25, 0.3) is 0 Å². The van der Waals surface area contributed by atoms with Crippen LogP contribution in [0.3, 0.4) is 0 Å². The fourth-order valence-electron chi connectivity index (χ4n) is 5.39. The van der Waals surface area contributed by atoms with Gasteiger partial charge in [-0.3, -0.25) is 9.69 Å². The zero-order valence-electron chi connectivity index (χ0n) is 21.1. The van der Waals surface area contributed by atoms with Crippen molar-refractivity contribution in [3.05, 3.63) is 65.7 Å². The smallest absolute Gasteiger partial charge is 0.328 e. The van der Waals surface area contributed by atoms with E-state index in [1.54, 1.807) is 19.1 Å². The first-order valence-corrected chi connectivity index (χ1v) is 12.5. The molecule has 0 saturated carbocycles. The van der Waals surface area contributed by atoms with Crippen LogP contribution < -0.4 is 4.74 Å². The second-order valence-electron chi connectivity index (χ2n) is 9.61. The zero-order chi connectivity index (χ0) is 24.8. The molecule has 1 atom stereocenters. The largest absolute Gasteiger partial charge is 0.497 e. The number of benzene rings is 2. The molecule has 4 rings (SSSR count). The molecule has 2 aromatic rings. The zero-order valence-corrected chi connectivity index (χ0v) is 21.1. The highest BCUT2D eigenvalue weighted by molar-refractivity contribution is 6.07. The SMILES string of the molecule is COCCN1C(=O)N(Cc2cccc(OC)c2)C(=O)C12CCN([C@@H](C)CCc1ccccc1)CC2. The van der Waals surface area contributed by atoms with E-state index in [2.05, 4.69) is 36.1 Å². The van der Waals surface area contributed by atoms with Gasteiger partial charge in [-0.15, -0.1) is 0 Å². The molecule has 2 aromatic carbocycles. The van der Waals surface area contributed by atoms with Crippen LogP contribution in [0.2, 0.25) is 0 Å². The van der Waals surface area contributed by atoms with Crippen molar-refractivity contribution in [1.82, 2.24) is 14.7 Å². The van der Waals surface area contributed by atoms with Crippen LogP contribution in [0.15, 0.2) is 54.6 Å². The summed E-state index contributed by atoms with van der Waals surface area (Å²) in [6, 6.07) is 18.3. The van der Waals surface area contributed by atoms with Gasteiger partial charge in [0.1, 0.15) is 11.3 Å². The second-order valence-corrected chi connectivity index (χ2v) is 9.61. The van der Waals surface area contributed by atoms with Gasteiger partial charge in [-0.25, -0.2) is 4.79 Å². The Hall–Kier alpha value is -2.90. The first-order valence-electron chi connectivity index (χ1n) is 12.5. The van der Waals surface area contributed by atoms with Gasteiger partial charge in [0.25, 0.3) is 5.91 Å². The average Bonchev–Trinajstić information content (AvgIpc) is 3.08. The summed E-state index contributed by atoms with van der Waals surface area (Å²) in [6.45, 7) is 4.93. The van der Waals surface area contributed by atoms with Crippen LogP contribution >= 0.6 is 0 Å². The number of urea groups is 1. The summed E-state index contributed by atoms with van der Waals surface area (Å²) in [5, 5.41) is 0. The molecule has 0 aliphatic carbocycles. The number of imide groups is 1. The summed E-state index contributed by atoms with van der Waals surface area (Å²) in [5.41, 5.74) is 1.44. The quantitative estimate of drug-likeness (QED) is 0.483. The highest BCUT2D eigenvalue weighted by atomic mass is 16.5. The van der Waals surface area contributed by atoms with Crippen LogP contribution in [0, 0.1) is 0 Å². The summed E-state index contributed by atoms with van der Waals surface area (Å²) in [4.78, 5) is 32.9. The van der Waals surface area contributed by atoms with Crippen molar-refractivity contribution in [1.29, 1.82) is 0 Å². The number of carbonyl (C=O) groups excluding carboxylic acids is 2. The lowest BCUT2D eigenvalue weighted by Gasteiger charge is -2.44. The molecule has 3 amide bonds. The third kappa shape index (κ3) is 5.36. The Balaban J connectivity index is 1.45. The maximum Gasteiger partial charge on any atom is 0.328 e. The topological polar surface area (TPSA) is 62.3 Å². The Morgan fingerprint density at radius 2 is 1.69 bits per heavy atom. The highest BCUT2D eigenvalue weighted by Crippen LogP contribution is 2.38. The van der Waals surface area contributed by atoms with Crippen molar-refractivity contribution in [2.75, 3.05) is 40.5 Å². The van der Waals surface area contributed by atoms with Gasteiger partial charge in [-0.2, -0.15) is 0 Å². The van der Waals surface area contributed by atoms with Gasteiger partial charge in [0.2, 0.25) is 0 Å². The van der Waals surface area contributed by atoms with Crippen molar-refractivity contribution < 1.29 is 19.1 Å². The molecule has 0 N–H and O–H groups in total. The number of nitrogens with zero attached hydrogens (tertiary/aromatic N) is 3.